The Kier molecular flexibility index (Phi) is 4.61. The number of hydrogen-bond acceptors (Lipinski definition) is 2. The maximum Gasteiger partial charge on any atom is 0.168 e. The van der Waals surface area contributed by atoms with Crippen LogP contribution in [-0.4, -0.2) is 18.7 Å². The number of para-hydroxylation sites is 1. The average molecular weight is 219 g/mol. The smallest absolute Gasteiger partial charge is 0.168 e. The van der Waals surface area contributed by atoms with Crippen LogP contribution in [0.3, 0.4) is 0 Å². The van der Waals surface area contributed by atoms with Gasteiger partial charge in [0.2, 0.25) is 0 Å². The molecule has 0 aromatic heterocycles. The summed E-state index contributed by atoms with van der Waals surface area (Å²) in [5.41, 5.74) is 7.14. The number of hydrogen-bond donors (Lipinski definition) is 3. The largest absolute Gasteiger partial charge is 0.376 e. The molecule has 0 spiro atoms. The summed E-state index contributed by atoms with van der Waals surface area (Å²) in [4.78, 5) is 0. The van der Waals surface area contributed by atoms with E-state index in [-0.39, 0.29) is 5.11 Å². The zero-order valence-corrected chi connectivity index (χ0v) is 9.32. The van der Waals surface area contributed by atoms with Gasteiger partial charge in [0.1, 0.15) is 0 Å². The summed E-state index contributed by atoms with van der Waals surface area (Å²) < 4.78 is 0. The quantitative estimate of drug-likeness (QED) is 0.511. The zero-order valence-electron chi connectivity index (χ0n) is 8.50. The Morgan fingerprint density at radius 3 is 2.87 bits per heavy atom. The first-order valence-electron chi connectivity index (χ1n) is 4.53. The van der Waals surface area contributed by atoms with Crippen molar-refractivity contribution in [2.75, 3.05) is 18.9 Å². The van der Waals surface area contributed by atoms with E-state index < -0.39 is 0 Å². The second-order valence-corrected chi connectivity index (χ2v) is 3.31. The van der Waals surface area contributed by atoms with Crippen molar-refractivity contribution in [3.63, 3.8) is 0 Å². The third kappa shape index (κ3) is 3.98. The number of nitrogens with one attached hydrogen (secondary N) is 2. The molecule has 3 nitrogen and oxygen atoms in total. The maximum absolute atomic E-state index is 5.41. The van der Waals surface area contributed by atoms with Crippen molar-refractivity contribution in [2.24, 2.45) is 5.73 Å². The molecule has 0 heterocycles. The van der Waals surface area contributed by atoms with Crippen LogP contribution in [-0.2, 0) is 0 Å². The predicted octanol–water partition coefficient (Wildman–Crippen LogP) is 0.913. The second kappa shape index (κ2) is 6.02. The number of nitrogens with two attached hydrogens (primary N) is 1. The van der Waals surface area contributed by atoms with E-state index in [0.717, 1.165) is 11.3 Å². The fraction of sp³-hybridized carbons (Fsp3) is 0.182. The van der Waals surface area contributed by atoms with Crippen molar-refractivity contribution in [3.05, 3.63) is 29.8 Å². The Bertz CT molecular complexity index is 404. The van der Waals surface area contributed by atoms with Gasteiger partial charge in [0.25, 0.3) is 0 Å². The molecule has 0 aliphatic rings. The molecular formula is C11H13N3S. The second-order valence-electron chi connectivity index (χ2n) is 2.87. The Balaban J connectivity index is 2.87. The van der Waals surface area contributed by atoms with E-state index >= 15 is 0 Å². The van der Waals surface area contributed by atoms with E-state index in [1.54, 1.807) is 0 Å². The Morgan fingerprint density at radius 2 is 2.20 bits per heavy atom. The minimum atomic E-state index is 0.248. The molecule has 78 valence electrons. The summed E-state index contributed by atoms with van der Waals surface area (Å²) >= 11 is 4.78. The first-order chi connectivity index (χ1) is 7.24. The van der Waals surface area contributed by atoms with Gasteiger partial charge in [-0.3, -0.25) is 0 Å². The van der Waals surface area contributed by atoms with Crippen molar-refractivity contribution in [3.8, 4) is 11.8 Å². The molecule has 1 aromatic carbocycles. The monoisotopic (exact) mass is 219 g/mol. The molecule has 0 fully saturated rings. The van der Waals surface area contributed by atoms with Crippen LogP contribution in [0.5, 0.6) is 0 Å². The van der Waals surface area contributed by atoms with Crippen molar-refractivity contribution in [1.29, 1.82) is 0 Å². The molecule has 0 atom stereocenters. The van der Waals surface area contributed by atoms with E-state index in [0.29, 0.717) is 6.54 Å². The lowest BCUT2D eigenvalue weighted by molar-refractivity contribution is 0.938. The highest BCUT2D eigenvalue weighted by molar-refractivity contribution is 7.80. The van der Waals surface area contributed by atoms with Crippen molar-refractivity contribution < 1.29 is 0 Å². The first kappa shape index (κ1) is 11.5. The van der Waals surface area contributed by atoms with E-state index in [1.807, 2.05) is 31.3 Å². The van der Waals surface area contributed by atoms with Crippen molar-refractivity contribution >= 4 is 23.0 Å². The fourth-order valence-corrected chi connectivity index (χ4v) is 1.17. The van der Waals surface area contributed by atoms with Gasteiger partial charge in [-0.15, -0.1) is 0 Å². The molecule has 0 aliphatic heterocycles. The van der Waals surface area contributed by atoms with E-state index in [4.69, 9.17) is 18.0 Å². The molecule has 0 radical (unpaired) electrons. The molecule has 15 heavy (non-hydrogen) atoms. The first-order valence-corrected chi connectivity index (χ1v) is 4.94. The maximum atomic E-state index is 5.41. The third-order valence-electron chi connectivity index (χ3n) is 1.67. The Morgan fingerprint density at radius 1 is 1.47 bits per heavy atom. The van der Waals surface area contributed by atoms with Gasteiger partial charge >= 0.3 is 0 Å². The molecular weight excluding hydrogens is 206 g/mol. The lowest BCUT2D eigenvalue weighted by atomic mass is 10.2. The number of rotatable bonds is 2. The van der Waals surface area contributed by atoms with Gasteiger partial charge in [0.15, 0.2) is 5.11 Å². The number of benzene rings is 1. The molecule has 4 heteroatoms. The standard InChI is InChI=1S/C11H13N3S/c1-13-8-4-6-9-5-2-3-7-10(9)14-11(12)15/h2-3,5,7,13H,8H2,1H3,(H3,12,14,15). The van der Waals surface area contributed by atoms with Gasteiger partial charge in [0.05, 0.1) is 12.2 Å². The molecule has 0 unspecified atom stereocenters. The Hall–Kier alpha value is -1.57. The summed E-state index contributed by atoms with van der Waals surface area (Å²) in [6.45, 7) is 0.654. The SMILES string of the molecule is CNCC#Cc1ccccc1NC(N)=S. The van der Waals surface area contributed by atoms with Gasteiger partial charge < -0.3 is 16.4 Å². The van der Waals surface area contributed by atoms with Crippen LogP contribution >= 0.6 is 12.2 Å². The Labute approximate surface area is 95.1 Å². The normalized spacial score (nSPS) is 8.87. The van der Waals surface area contributed by atoms with Gasteiger partial charge in [-0.05, 0) is 31.4 Å². The van der Waals surface area contributed by atoms with Gasteiger partial charge in [-0.1, -0.05) is 24.0 Å². The van der Waals surface area contributed by atoms with Crippen LogP contribution in [0.4, 0.5) is 5.69 Å². The molecule has 0 saturated heterocycles. The summed E-state index contributed by atoms with van der Waals surface area (Å²) in [7, 11) is 1.86. The highest BCUT2D eigenvalue weighted by atomic mass is 32.1. The van der Waals surface area contributed by atoms with E-state index in [1.165, 1.54) is 0 Å². The zero-order chi connectivity index (χ0) is 11.1. The van der Waals surface area contributed by atoms with Crippen LogP contribution in [0.2, 0.25) is 0 Å². The van der Waals surface area contributed by atoms with Gasteiger partial charge in [-0.25, -0.2) is 0 Å². The fourth-order valence-electron chi connectivity index (χ4n) is 1.06. The molecule has 0 bridgehead atoms. The van der Waals surface area contributed by atoms with Crippen LogP contribution < -0.4 is 16.4 Å². The van der Waals surface area contributed by atoms with Gasteiger partial charge in [-0.2, -0.15) is 0 Å². The van der Waals surface area contributed by atoms with Crippen LogP contribution in [0.1, 0.15) is 5.56 Å². The topological polar surface area (TPSA) is 50.1 Å². The molecule has 0 aliphatic carbocycles. The van der Waals surface area contributed by atoms with Crippen molar-refractivity contribution in [2.45, 2.75) is 0 Å². The average Bonchev–Trinajstić information content (AvgIpc) is 2.20. The minimum absolute atomic E-state index is 0.248. The van der Waals surface area contributed by atoms with E-state index in [9.17, 15) is 0 Å². The lowest BCUT2D eigenvalue weighted by Gasteiger charge is -2.05. The number of thiocarbonyl (C=S) groups is 1. The van der Waals surface area contributed by atoms with E-state index in [2.05, 4.69) is 22.5 Å². The van der Waals surface area contributed by atoms with Crippen molar-refractivity contribution in [1.82, 2.24) is 5.32 Å². The molecule has 1 rings (SSSR count). The van der Waals surface area contributed by atoms with Crippen LogP contribution in [0.15, 0.2) is 24.3 Å². The summed E-state index contributed by atoms with van der Waals surface area (Å²) in [6.07, 6.45) is 0. The minimum Gasteiger partial charge on any atom is -0.376 e. The van der Waals surface area contributed by atoms with Crippen LogP contribution in [0.25, 0.3) is 0 Å². The molecule has 1 aromatic rings. The molecule has 4 N–H and O–H groups in total. The highest BCUT2D eigenvalue weighted by Gasteiger charge is 1.97. The third-order valence-corrected chi connectivity index (χ3v) is 1.78. The summed E-state index contributed by atoms with van der Waals surface area (Å²) in [5.74, 6) is 6.01. The molecule has 0 saturated carbocycles. The lowest BCUT2D eigenvalue weighted by Crippen LogP contribution is -2.19. The van der Waals surface area contributed by atoms with Gasteiger partial charge in [0, 0.05) is 5.56 Å². The highest BCUT2D eigenvalue weighted by Crippen LogP contribution is 2.12. The summed E-state index contributed by atoms with van der Waals surface area (Å²) in [5, 5.41) is 6.09. The number of anilines is 1. The predicted molar refractivity (Wildman–Crippen MR) is 67.7 cm³/mol. The summed E-state index contributed by atoms with van der Waals surface area (Å²) in [6, 6.07) is 7.64. The van der Waals surface area contributed by atoms with Crippen LogP contribution in [0, 0.1) is 11.8 Å². The molecule has 0 amide bonds.